The fraction of sp³-hybridized carbons (Fsp3) is 0.188. The van der Waals surface area contributed by atoms with E-state index in [1.807, 2.05) is 36.7 Å². The van der Waals surface area contributed by atoms with Gasteiger partial charge in [-0.3, -0.25) is 4.98 Å². The number of aliphatic hydroxyl groups excluding tert-OH is 1. The molecule has 0 bridgehead atoms. The summed E-state index contributed by atoms with van der Waals surface area (Å²) in [5.41, 5.74) is 3.11. The number of aliphatic hydroxyl groups is 1. The Labute approximate surface area is 112 Å². The van der Waals surface area contributed by atoms with Crippen LogP contribution in [-0.2, 0) is 6.54 Å². The minimum absolute atomic E-state index is 0.460. The van der Waals surface area contributed by atoms with E-state index in [4.69, 9.17) is 0 Å². The van der Waals surface area contributed by atoms with E-state index < -0.39 is 6.10 Å². The maximum Gasteiger partial charge on any atom is 0.0911 e. The standard InChI is InChI=1S/C16H16N2O/c1-12(19)15-8-4-10-18(15)11-14-6-2-5-13-7-3-9-17-16(13)14/h2-10,12,19H,11H2,1H3. The molecule has 3 nitrogen and oxygen atoms in total. The van der Waals surface area contributed by atoms with Crippen LogP contribution in [0.1, 0.15) is 24.3 Å². The van der Waals surface area contributed by atoms with Gasteiger partial charge in [-0.1, -0.05) is 24.3 Å². The van der Waals surface area contributed by atoms with Gasteiger partial charge in [0.25, 0.3) is 0 Å². The van der Waals surface area contributed by atoms with Gasteiger partial charge < -0.3 is 9.67 Å². The second kappa shape index (κ2) is 4.86. The molecule has 0 aliphatic rings. The lowest BCUT2D eigenvalue weighted by molar-refractivity contribution is 0.190. The van der Waals surface area contributed by atoms with Crippen molar-refractivity contribution < 1.29 is 5.11 Å². The molecule has 1 atom stereocenters. The Morgan fingerprint density at radius 1 is 1.16 bits per heavy atom. The highest BCUT2D eigenvalue weighted by atomic mass is 16.3. The highest BCUT2D eigenvalue weighted by Crippen LogP contribution is 2.20. The molecular weight excluding hydrogens is 236 g/mol. The van der Waals surface area contributed by atoms with E-state index in [2.05, 4.69) is 27.8 Å². The molecule has 0 spiro atoms. The number of rotatable bonds is 3. The number of benzene rings is 1. The van der Waals surface area contributed by atoms with Gasteiger partial charge in [0.2, 0.25) is 0 Å². The van der Waals surface area contributed by atoms with E-state index in [1.165, 1.54) is 0 Å². The van der Waals surface area contributed by atoms with Gasteiger partial charge in [-0.05, 0) is 30.7 Å². The third kappa shape index (κ3) is 2.25. The number of hydrogen-bond donors (Lipinski definition) is 1. The average Bonchev–Trinajstić information content (AvgIpc) is 2.87. The van der Waals surface area contributed by atoms with Crippen LogP contribution in [0.4, 0.5) is 0 Å². The van der Waals surface area contributed by atoms with E-state index in [1.54, 1.807) is 6.92 Å². The van der Waals surface area contributed by atoms with Crippen molar-refractivity contribution in [3.05, 3.63) is 66.1 Å². The van der Waals surface area contributed by atoms with Gasteiger partial charge in [0.15, 0.2) is 0 Å². The number of fused-ring (bicyclic) bond motifs is 1. The summed E-state index contributed by atoms with van der Waals surface area (Å²) in [4.78, 5) is 4.46. The molecule has 1 aromatic carbocycles. The Hall–Kier alpha value is -2.13. The molecular formula is C16H16N2O. The van der Waals surface area contributed by atoms with Gasteiger partial charge in [-0.2, -0.15) is 0 Å². The maximum absolute atomic E-state index is 9.75. The van der Waals surface area contributed by atoms with Crippen LogP contribution < -0.4 is 0 Å². The van der Waals surface area contributed by atoms with Crippen LogP contribution in [0, 0.1) is 0 Å². The molecule has 3 aromatic rings. The molecule has 3 heteroatoms. The SMILES string of the molecule is CC(O)c1cccn1Cc1cccc2cccnc12. The van der Waals surface area contributed by atoms with Gasteiger partial charge in [0.1, 0.15) is 0 Å². The lowest BCUT2D eigenvalue weighted by Gasteiger charge is -2.12. The molecule has 0 aliphatic carbocycles. The van der Waals surface area contributed by atoms with Gasteiger partial charge >= 0.3 is 0 Å². The summed E-state index contributed by atoms with van der Waals surface area (Å²) in [6, 6.07) is 14.1. The molecule has 0 saturated heterocycles. The Bertz CT molecular complexity index is 695. The van der Waals surface area contributed by atoms with Crippen molar-refractivity contribution in [2.75, 3.05) is 0 Å². The van der Waals surface area contributed by atoms with Crippen LogP contribution >= 0.6 is 0 Å². The smallest absolute Gasteiger partial charge is 0.0911 e. The van der Waals surface area contributed by atoms with Crippen molar-refractivity contribution in [2.45, 2.75) is 19.6 Å². The maximum atomic E-state index is 9.75. The first-order valence-corrected chi connectivity index (χ1v) is 6.41. The Kier molecular flexibility index (Phi) is 3.05. The van der Waals surface area contributed by atoms with E-state index >= 15 is 0 Å². The summed E-state index contributed by atoms with van der Waals surface area (Å²) in [5, 5.41) is 10.9. The van der Waals surface area contributed by atoms with Crippen molar-refractivity contribution in [1.82, 2.24) is 9.55 Å². The molecule has 3 rings (SSSR count). The fourth-order valence-electron chi connectivity index (χ4n) is 2.43. The highest BCUT2D eigenvalue weighted by Gasteiger charge is 2.08. The zero-order valence-corrected chi connectivity index (χ0v) is 10.8. The van der Waals surface area contributed by atoms with Gasteiger partial charge in [0, 0.05) is 30.0 Å². The molecule has 96 valence electrons. The zero-order chi connectivity index (χ0) is 13.2. The molecule has 0 saturated carbocycles. The summed E-state index contributed by atoms with van der Waals surface area (Å²) < 4.78 is 2.06. The number of aromatic nitrogens is 2. The Balaban J connectivity index is 2.04. The third-order valence-corrected chi connectivity index (χ3v) is 3.35. The van der Waals surface area contributed by atoms with Crippen molar-refractivity contribution in [3.8, 4) is 0 Å². The monoisotopic (exact) mass is 252 g/mol. The van der Waals surface area contributed by atoms with Crippen LogP contribution in [-0.4, -0.2) is 14.7 Å². The van der Waals surface area contributed by atoms with Gasteiger partial charge in [0.05, 0.1) is 11.6 Å². The second-order valence-corrected chi connectivity index (χ2v) is 4.73. The predicted octanol–water partition coefficient (Wildman–Crippen LogP) is 3.14. The summed E-state index contributed by atoms with van der Waals surface area (Å²) in [6.45, 7) is 2.51. The van der Waals surface area contributed by atoms with Crippen LogP contribution in [0.15, 0.2) is 54.9 Å². The summed E-state index contributed by atoms with van der Waals surface area (Å²) in [5.74, 6) is 0. The van der Waals surface area contributed by atoms with Crippen LogP contribution in [0.5, 0.6) is 0 Å². The molecule has 1 unspecified atom stereocenters. The highest BCUT2D eigenvalue weighted by molar-refractivity contribution is 5.81. The lowest BCUT2D eigenvalue weighted by Crippen LogP contribution is -2.06. The normalized spacial score (nSPS) is 12.7. The third-order valence-electron chi connectivity index (χ3n) is 3.35. The number of pyridine rings is 1. The molecule has 2 aromatic heterocycles. The molecule has 2 heterocycles. The quantitative estimate of drug-likeness (QED) is 0.777. The van der Waals surface area contributed by atoms with Crippen molar-refractivity contribution in [1.29, 1.82) is 0 Å². The number of hydrogen-bond acceptors (Lipinski definition) is 2. The first-order valence-electron chi connectivity index (χ1n) is 6.41. The van der Waals surface area contributed by atoms with Crippen molar-refractivity contribution in [2.24, 2.45) is 0 Å². The molecule has 1 N–H and O–H groups in total. The first-order chi connectivity index (χ1) is 9.25. The van der Waals surface area contributed by atoms with Gasteiger partial charge in [-0.15, -0.1) is 0 Å². The molecule has 0 amide bonds. The largest absolute Gasteiger partial charge is 0.387 e. The van der Waals surface area contributed by atoms with E-state index in [0.29, 0.717) is 0 Å². The minimum Gasteiger partial charge on any atom is -0.387 e. The summed E-state index contributed by atoms with van der Waals surface area (Å²) in [6.07, 6.45) is 3.35. The van der Waals surface area contributed by atoms with Crippen LogP contribution in [0.3, 0.4) is 0 Å². The summed E-state index contributed by atoms with van der Waals surface area (Å²) >= 11 is 0. The Morgan fingerprint density at radius 3 is 2.84 bits per heavy atom. The summed E-state index contributed by atoms with van der Waals surface area (Å²) in [7, 11) is 0. The van der Waals surface area contributed by atoms with E-state index in [-0.39, 0.29) is 0 Å². The first kappa shape index (κ1) is 11.9. The van der Waals surface area contributed by atoms with E-state index in [0.717, 1.165) is 28.7 Å². The van der Waals surface area contributed by atoms with E-state index in [9.17, 15) is 5.11 Å². The molecule has 0 radical (unpaired) electrons. The zero-order valence-electron chi connectivity index (χ0n) is 10.8. The average molecular weight is 252 g/mol. The molecule has 0 fully saturated rings. The Morgan fingerprint density at radius 2 is 2.00 bits per heavy atom. The van der Waals surface area contributed by atoms with Gasteiger partial charge in [-0.25, -0.2) is 0 Å². The molecule has 19 heavy (non-hydrogen) atoms. The number of para-hydroxylation sites is 1. The predicted molar refractivity (Wildman–Crippen MR) is 75.9 cm³/mol. The minimum atomic E-state index is -0.460. The second-order valence-electron chi connectivity index (χ2n) is 4.73. The topological polar surface area (TPSA) is 38.0 Å². The van der Waals surface area contributed by atoms with Crippen LogP contribution in [0.2, 0.25) is 0 Å². The fourth-order valence-corrected chi connectivity index (χ4v) is 2.43. The van der Waals surface area contributed by atoms with Crippen molar-refractivity contribution >= 4 is 10.9 Å². The molecule has 0 aliphatic heterocycles. The van der Waals surface area contributed by atoms with Crippen LogP contribution in [0.25, 0.3) is 10.9 Å². The number of nitrogens with zero attached hydrogens (tertiary/aromatic N) is 2. The lowest BCUT2D eigenvalue weighted by atomic mass is 10.1. The van der Waals surface area contributed by atoms with Crippen molar-refractivity contribution in [3.63, 3.8) is 0 Å².